The quantitative estimate of drug-likeness (QED) is 0.591. The van der Waals surface area contributed by atoms with Crippen molar-refractivity contribution in [2.45, 2.75) is 13.0 Å². The summed E-state index contributed by atoms with van der Waals surface area (Å²) in [6.07, 6.45) is 0. The molecule has 9 heteroatoms. The Balaban J connectivity index is 1.75. The van der Waals surface area contributed by atoms with Gasteiger partial charge in [0.1, 0.15) is 25.0 Å². The van der Waals surface area contributed by atoms with Crippen molar-refractivity contribution >= 4 is 23.0 Å². The SMILES string of the molecule is COc1ccc([N+](=O)[O-])cc1NC(=O)[C@H](C)Nc1cccc2c1OCCO2. The van der Waals surface area contributed by atoms with Crippen LogP contribution in [0.25, 0.3) is 0 Å². The van der Waals surface area contributed by atoms with E-state index < -0.39 is 11.0 Å². The smallest absolute Gasteiger partial charge is 0.271 e. The number of anilines is 2. The second kappa shape index (κ2) is 7.81. The number of nitrogens with zero attached hydrogens (tertiary/aromatic N) is 1. The number of non-ortho nitro benzene ring substituents is 1. The fourth-order valence-corrected chi connectivity index (χ4v) is 2.63. The fourth-order valence-electron chi connectivity index (χ4n) is 2.63. The maximum atomic E-state index is 12.6. The Morgan fingerprint density at radius 2 is 2.00 bits per heavy atom. The van der Waals surface area contributed by atoms with Crippen molar-refractivity contribution in [1.82, 2.24) is 0 Å². The number of rotatable bonds is 6. The first-order valence-corrected chi connectivity index (χ1v) is 8.28. The van der Waals surface area contributed by atoms with Crippen LogP contribution in [0.5, 0.6) is 17.2 Å². The molecule has 2 aromatic rings. The molecule has 2 N–H and O–H groups in total. The molecule has 142 valence electrons. The summed E-state index contributed by atoms with van der Waals surface area (Å²) in [6.45, 7) is 2.57. The molecule has 0 unspecified atom stereocenters. The summed E-state index contributed by atoms with van der Waals surface area (Å²) in [4.78, 5) is 23.0. The summed E-state index contributed by atoms with van der Waals surface area (Å²) < 4.78 is 16.3. The van der Waals surface area contributed by atoms with E-state index in [1.165, 1.54) is 25.3 Å². The Morgan fingerprint density at radius 3 is 2.74 bits per heavy atom. The number of benzene rings is 2. The van der Waals surface area contributed by atoms with Crippen LogP contribution in [0.1, 0.15) is 6.92 Å². The summed E-state index contributed by atoms with van der Waals surface area (Å²) in [6, 6.07) is 8.72. The van der Waals surface area contributed by atoms with Gasteiger partial charge in [-0.25, -0.2) is 0 Å². The van der Waals surface area contributed by atoms with Gasteiger partial charge in [-0.05, 0) is 25.1 Å². The number of methoxy groups -OCH3 is 1. The third-order valence-electron chi connectivity index (χ3n) is 3.98. The number of ether oxygens (including phenoxy) is 3. The first kappa shape index (κ1) is 18.3. The Kier molecular flexibility index (Phi) is 5.30. The third kappa shape index (κ3) is 4.02. The van der Waals surface area contributed by atoms with E-state index in [1.807, 2.05) is 0 Å². The molecule has 0 spiro atoms. The molecule has 0 aromatic heterocycles. The van der Waals surface area contributed by atoms with E-state index in [0.717, 1.165) is 0 Å². The van der Waals surface area contributed by atoms with E-state index in [4.69, 9.17) is 14.2 Å². The second-order valence-electron chi connectivity index (χ2n) is 5.83. The Morgan fingerprint density at radius 1 is 1.22 bits per heavy atom. The molecule has 1 aliphatic heterocycles. The number of nitro benzene ring substituents is 1. The zero-order chi connectivity index (χ0) is 19.4. The van der Waals surface area contributed by atoms with Crippen LogP contribution in [-0.4, -0.2) is 37.2 Å². The lowest BCUT2D eigenvalue weighted by Gasteiger charge is -2.23. The van der Waals surface area contributed by atoms with Gasteiger partial charge in [0, 0.05) is 12.1 Å². The molecule has 0 fully saturated rings. The Hall–Kier alpha value is -3.49. The number of carbonyl (C=O) groups is 1. The second-order valence-corrected chi connectivity index (χ2v) is 5.83. The van der Waals surface area contributed by atoms with E-state index in [-0.39, 0.29) is 17.3 Å². The van der Waals surface area contributed by atoms with Gasteiger partial charge in [-0.15, -0.1) is 0 Å². The maximum absolute atomic E-state index is 12.6. The van der Waals surface area contributed by atoms with E-state index in [1.54, 1.807) is 25.1 Å². The normalized spacial score (nSPS) is 13.4. The van der Waals surface area contributed by atoms with Crippen LogP contribution in [0.15, 0.2) is 36.4 Å². The summed E-state index contributed by atoms with van der Waals surface area (Å²) in [7, 11) is 1.42. The van der Waals surface area contributed by atoms with Gasteiger partial charge >= 0.3 is 0 Å². The van der Waals surface area contributed by atoms with Crippen LogP contribution >= 0.6 is 0 Å². The number of carbonyl (C=O) groups excluding carboxylic acids is 1. The number of hydrogen-bond donors (Lipinski definition) is 2. The first-order valence-electron chi connectivity index (χ1n) is 8.28. The third-order valence-corrected chi connectivity index (χ3v) is 3.98. The summed E-state index contributed by atoms with van der Waals surface area (Å²) in [5.41, 5.74) is 0.704. The van der Waals surface area contributed by atoms with Gasteiger partial charge in [-0.3, -0.25) is 14.9 Å². The predicted molar refractivity (Wildman–Crippen MR) is 98.8 cm³/mol. The van der Waals surface area contributed by atoms with Crippen molar-refractivity contribution in [2.75, 3.05) is 31.0 Å². The van der Waals surface area contributed by atoms with Crippen molar-refractivity contribution in [3.8, 4) is 17.2 Å². The van der Waals surface area contributed by atoms with Crippen molar-refractivity contribution in [1.29, 1.82) is 0 Å². The van der Waals surface area contributed by atoms with Crippen molar-refractivity contribution < 1.29 is 23.9 Å². The monoisotopic (exact) mass is 373 g/mol. The molecule has 9 nitrogen and oxygen atoms in total. The average Bonchev–Trinajstić information content (AvgIpc) is 2.68. The lowest BCUT2D eigenvalue weighted by atomic mass is 10.2. The Labute approximate surface area is 155 Å². The number of hydrogen-bond acceptors (Lipinski definition) is 7. The zero-order valence-corrected chi connectivity index (χ0v) is 14.9. The summed E-state index contributed by atoms with van der Waals surface area (Å²) >= 11 is 0. The minimum atomic E-state index is -0.647. The molecule has 0 aliphatic carbocycles. The lowest BCUT2D eigenvalue weighted by Crippen LogP contribution is -2.32. The Bertz CT molecular complexity index is 870. The molecule has 0 saturated heterocycles. The molecule has 27 heavy (non-hydrogen) atoms. The summed E-state index contributed by atoms with van der Waals surface area (Å²) in [5.74, 6) is 1.11. The van der Waals surface area contributed by atoms with E-state index in [0.29, 0.717) is 36.1 Å². The standard InChI is InChI=1S/C18H19N3O6/c1-11(19-13-4-3-5-16-17(13)27-9-8-26-16)18(22)20-14-10-12(21(23)24)6-7-15(14)25-2/h3-7,10-11,19H,8-9H2,1-2H3,(H,20,22)/t11-/m0/s1. The number of fused-ring (bicyclic) bond motifs is 1. The highest BCUT2D eigenvalue weighted by molar-refractivity contribution is 5.98. The van der Waals surface area contributed by atoms with Gasteiger partial charge in [-0.1, -0.05) is 6.07 Å². The lowest BCUT2D eigenvalue weighted by molar-refractivity contribution is -0.384. The maximum Gasteiger partial charge on any atom is 0.271 e. The van der Waals surface area contributed by atoms with Gasteiger partial charge in [0.15, 0.2) is 11.5 Å². The molecular formula is C18H19N3O6. The van der Waals surface area contributed by atoms with Crippen LogP contribution in [0.2, 0.25) is 0 Å². The fraction of sp³-hybridized carbons (Fsp3) is 0.278. The average molecular weight is 373 g/mol. The number of para-hydroxylation sites is 1. The highest BCUT2D eigenvalue weighted by Gasteiger charge is 2.21. The van der Waals surface area contributed by atoms with E-state index in [9.17, 15) is 14.9 Å². The largest absolute Gasteiger partial charge is 0.495 e. The molecule has 1 amide bonds. The van der Waals surface area contributed by atoms with Gasteiger partial charge in [0.2, 0.25) is 5.91 Å². The van der Waals surface area contributed by atoms with Crippen LogP contribution in [-0.2, 0) is 4.79 Å². The van der Waals surface area contributed by atoms with Gasteiger partial charge in [-0.2, -0.15) is 0 Å². The van der Waals surface area contributed by atoms with Crippen LogP contribution < -0.4 is 24.8 Å². The van der Waals surface area contributed by atoms with Gasteiger partial charge < -0.3 is 24.8 Å². The van der Waals surface area contributed by atoms with Crippen molar-refractivity contribution in [3.63, 3.8) is 0 Å². The molecule has 1 heterocycles. The number of nitro groups is 1. The molecule has 0 saturated carbocycles. The molecule has 1 aliphatic rings. The molecule has 0 bridgehead atoms. The van der Waals surface area contributed by atoms with E-state index in [2.05, 4.69) is 10.6 Å². The minimum absolute atomic E-state index is 0.144. The molecule has 3 rings (SSSR count). The first-order chi connectivity index (χ1) is 13.0. The number of nitrogens with one attached hydrogen (secondary N) is 2. The number of amides is 1. The molecule has 0 radical (unpaired) electrons. The van der Waals surface area contributed by atoms with Gasteiger partial charge in [0.25, 0.3) is 5.69 Å². The predicted octanol–water partition coefficient (Wildman–Crippen LogP) is 2.81. The topological polar surface area (TPSA) is 112 Å². The van der Waals surface area contributed by atoms with Gasteiger partial charge in [0.05, 0.1) is 23.4 Å². The molecule has 2 aromatic carbocycles. The van der Waals surface area contributed by atoms with Crippen LogP contribution in [0, 0.1) is 10.1 Å². The highest BCUT2D eigenvalue weighted by atomic mass is 16.6. The molecule has 1 atom stereocenters. The highest BCUT2D eigenvalue weighted by Crippen LogP contribution is 2.37. The summed E-state index contributed by atoms with van der Waals surface area (Å²) in [5, 5.41) is 16.7. The zero-order valence-electron chi connectivity index (χ0n) is 14.9. The van der Waals surface area contributed by atoms with Crippen molar-refractivity contribution in [2.24, 2.45) is 0 Å². The minimum Gasteiger partial charge on any atom is -0.495 e. The van der Waals surface area contributed by atoms with Crippen LogP contribution in [0.4, 0.5) is 17.1 Å². The van der Waals surface area contributed by atoms with E-state index >= 15 is 0 Å². The molecular weight excluding hydrogens is 354 g/mol. The van der Waals surface area contributed by atoms with Crippen molar-refractivity contribution in [3.05, 3.63) is 46.5 Å². The van der Waals surface area contributed by atoms with Crippen LogP contribution in [0.3, 0.4) is 0 Å².